The summed E-state index contributed by atoms with van der Waals surface area (Å²) in [7, 11) is 1.94. The second-order valence-electron chi connectivity index (χ2n) is 5.92. The van der Waals surface area contributed by atoms with E-state index in [-0.39, 0.29) is 17.7 Å². The van der Waals surface area contributed by atoms with Gasteiger partial charge in [0, 0.05) is 24.4 Å². The van der Waals surface area contributed by atoms with E-state index in [1.54, 1.807) is 6.07 Å². The summed E-state index contributed by atoms with van der Waals surface area (Å²) in [6, 6.07) is 9.58. The van der Waals surface area contributed by atoms with Crippen molar-refractivity contribution >= 4 is 0 Å². The molecule has 1 aliphatic carbocycles. The van der Waals surface area contributed by atoms with E-state index in [1.165, 1.54) is 5.56 Å². The predicted molar refractivity (Wildman–Crippen MR) is 83.1 cm³/mol. The molecule has 110 valence electrons. The second kappa shape index (κ2) is 5.94. The van der Waals surface area contributed by atoms with Gasteiger partial charge in [0.25, 0.3) is 0 Å². The van der Waals surface area contributed by atoms with E-state index in [0.29, 0.717) is 0 Å². The highest BCUT2D eigenvalue weighted by Gasteiger charge is 2.26. The average molecular weight is 284 g/mol. The van der Waals surface area contributed by atoms with Gasteiger partial charge in [0.2, 0.25) is 0 Å². The lowest BCUT2D eigenvalue weighted by atomic mass is 9.79. The SMILES string of the molecule is CNC[C@@H]1Cc2ncccc2C[C@@H](C)c2c(F)cccc21. The first-order valence-corrected chi connectivity index (χ1v) is 7.56. The minimum Gasteiger partial charge on any atom is -0.319 e. The van der Waals surface area contributed by atoms with Gasteiger partial charge >= 0.3 is 0 Å². The number of pyridine rings is 1. The quantitative estimate of drug-likeness (QED) is 0.914. The van der Waals surface area contributed by atoms with Gasteiger partial charge in [0.05, 0.1) is 0 Å². The number of nitrogens with one attached hydrogen (secondary N) is 1. The van der Waals surface area contributed by atoms with Gasteiger partial charge in [-0.2, -0.15) is 0 Å². The van der Waals surface area contributed by atoms with Crippen molar-refractivity contribution in [2.75, 3.05) is 13.6 Å². The van der Waals surface area contributed by atoms with E-state index in [0.717, 1.165) is 36.2 Å². The van der Waals surface area contributed by atoms with Crippen LogP contribution in [0.2, 0.25) is 0 Å². The first-order chi connectivity index (χ1) is 10.2. The molecule has 2 aromatic rings. The van der Waals surface area contributed by atoms with Crippen LogP contribution in [0.1, 0.15) is 41.1 Å². The van der Waals surface area contributed by atoms with Gasteiger partial charge in [-0.25, -0.2) is 4.39 Å². The van der Waals surface area contributed by atoms with Crippen molar-refractivity contribution in [1.82, 2.24) is 10.3 Å². The Morgan fingerprint density at radius 2 is 2.10 bits per heavy atom. The van der Waals surface area contributed by atoms with Gasteiger partial charge in [-0.1, -0.05) is 25.1 Å². The molecule has 3 heteroatoms. The van der Waals surface area contributed by atoms with Crippen LogP contribution in [0, 0.1) is 5.82 Å². The molecule has 21 heavy (non-hydrogen) atoms. The Hall–Kier alpha value is -1.74. The summed E-state index contributed by atoms with van der Waals surface area (Å²) < 4.78 is 14.4. The minimum atomic E-state index is -0.0755. The standard InChI is InChI=1S/C18H21FN2/c1-12-9-13-5-4-8-21-17(13)10-14(11-20-2)15-6-3-7-16(19)18(12)15/h3-8,12,14,20H,9-11H2,1-2H3/t12-,14+/m1/s1. The molecule has 1 aliphatic rings. The fraction of sp³-hybridized carbons (Fsp3) is 0.389. The third kappa shape index (κ3) is 2.70. The minimum absolute atomic E-state index is 0.0755. The zero-order valence-electron chi connectivity index (χ0n) is 12.6. The third-order valence-electron chi connectivity index (χ3n) is 4.42. The third-order valence-corrected chi connectivity index (χ3v) is 4.42. The summed E-state index contributed by atoms with van der Waals surface area (Å²) in [5.74, 6) is 0.356. The van der Waals surface area contributed by atoms with Crippen LogP contribution in [0.15, 0.2) is 36.5 Å². The maximum Gasteiger partial charge on any atom is 0.126 e. The predicted octanol–water partition coefficient (Wildman–Crippen LogP) is 3.43. The number of halogens is 1. The molecular formula is C18H21FN2. The van der Waals surface area contributed by atoms with Crippen molar-refractivity contribution in [2.45, 2.75) is 31.6 Å². The summed E-state index contributed by atoms with van der Waals surface area (Å²) in [5.41, 5.74) is 4.42. The molecule has 1 heterocycles. The van der Waals surface area contributed by atoms with Crippen LogP contribution in [0.3, 0.4) is 0 Å². The van der Waals surface area contributed by atoms with Crippen LogP contribution < -0.4 is 5.32 Å². The summed E-state index contributed by atoms with van der Waals surface area (Å²) in [5, 5.41) is 3.24. The number of likely N-dealkylation sites (N-methyl/N-ethyl adjacent to an activating group) is 1. The van der Waals surface area contributed by atoms with Crippen LogP contribution in [-0.2, 0) is 12.8 Å². The number of aromatic nitrogens is 1. The fourth-order valence-electron chi connectivity index (χ4n) is 3.47. The van der Waals surface area contributed by atoms with Gasteiger partial charge in [-0.3, -0.25) is 4.98 Å². The molecule has 0 saturated heterocycles. The van der Waals surface area contributed by atoms with E-state index in [4.69, 9.17) is 0 Å². The molecule has 0 bridgehead atoms. The molecule has 1 aromatic heterocycles. The van der Waals surface area contributed by atoms with Gasteiger partial charge in [-0.15, -0.1) is 0 Å². The lowest BCUT2D eigenvalue weighted by Crippen LogP contribution is -2.24. The van der Waals surface area contributed by atoms with Crippen LogP contribution in [0.25, 0.3) is 0 Å². The van der Waals surface area contributed by atoms with E-state index in [9.17, 15) is 4.39 Å². The lowest BCUT2D eigenvalue weighted by molar-refractivity contribution is 0.544. The Labute approximate surface area is 125 Å². The molecule has 1 aromatic carbocycles. The molecule has 0 amide bonds. The van der Waals surface area contributed by atoms with E-state index < -0.39 is 0 Å². The van der Waals surface area contributed by atoms with Crippen molar-refractivity contribution in [3.05, 3.63) is 64.7 Å². The molecule has 0 aliphatic heterocycles. The maximum absolute atomic E-state index is 14.4. The molecule has 2 atom stereocenters. The number of benzene rings is 1. The largest absolute Gasteiger partial charge is 0.319 e. The number of rotatable bonds is 2. The Morgan fingerprint density at radius 1 is 1.24 bits per heavy atom. The highest BCUT2D eigenvalue weighted by molar-refractivity contribution is 5.39. The molecule has 0 spiro atoms. The highest BCUT2D eigenvalue weighted by Crippen LogP contribution is 2.35. The Balaban J connectivity index is 2.12. The first kappa shape index (κ1) is 14.2. The van der Waals surface area contributed by atoms with Crippen LogP contribution in [-0.4, -0.2) is 18.6 Å². The second-order valence-corrected chi connectivity index (χ2v) is 5.92. The van der Waals surface area contributed by atoms with Crippen LogP contribution in [0.4, 0.5) is 4.39 Å². The average Bonchev–Trinajstić information content (AvgIpc) is 2.47. The summed E-state index contributed by atoms with van der Waals surface area (Å²) >= 11 is 0. The fourth-order valence-corrected chi connectivity index (χ4v) is 3.47. The van der Waals surface area contributed by atoms with Gasteiger partial charge in [-0.05, 0) is 54.6 Å². The van der Waals surface area contributed by atoms with Gasteiger partial charge in [0.15, 0.2) is 0 Å². The number of nitrogens with zero attached hydrogens (tertiary/aromatic N) is 1. The van der Waals surface area contributed by atoms with Gasteiger partial charge in [0.1, 0.15) is 5.82 Å². The molecule has 0 fully saturated rings. The number of hydrogen-bond acceptors (Lipinski definition) is 2. The smallest absolute Gasteiger partial charge is 0.126 e. The Morgan fingerprint density at radius 3 is 2.90 bits per heavy atom. The number of fused-ring (bicyclic) bond motifs is 2. The van der Waals surface area contributed by atoms with Crippen molar-refractivity contribution in [3.63, 3.8) is 0 Å². The lowest BCUT2D eigenvalue weighted by Gasteiger charge is -2.28. The monoisotopic (exact) mass is 284 g/mol. The molecule has 3 rings (SSSR count). The summed E-state index contributed by atoms with van der Waals surface area (Å²) in [6.45, 7) is 2.94. The van der Waals surface area contributed by atoms with E-state index in [1.807, 2.05) is 25.4 Å². The van der Waals surface area contributed by atoms with Crippen molar-refractivity contribution in [3.8, 4) is 0 Å². The van der Waals surface area contributed by atoms with Crippen LogP contribution >= 0.6 is 0 Å². The molecule has 0 radical (unpaired) electrons. The van der Waals surface area contributed by atoms with Crippen LogP contribution in [0.5, 0.6) is 0 Å². The zero-order chi connectivity index (χ0) is 14.8. The maximum atomic E-state index is 14.4. The zero-order valence-corrected chi connectivity index (χ0v) is 12.6. The van der Waals surface area contributed by atoms with E-state index >= 15 is 0 Å². The normalized spacial score (nSPS) is 21.1. The molecule has 1 N–H and O–H groups in total. The number of hydrogen-bond donors (Lipinski definition) is 1. The molecule has 0 unspecified atom stereocenters. The Bertz CT molecular complexity index is 639. The van der Waals surface area contributed by atoms with Gasteiger partial charge < -0.3 is 5.32 Å². The highest BCUT2D eigenvalue weighted by atomic mass is 19.1. The summed E-state index contributed by atoms with van der Waals surface area (Å²) in [6.07, 6.45) is 3.57. The van der Waals surface area contributed by atoms with Crippen molar-refractivity contribution < 1.29 is 4.39 Å². The topological polar surface area (TPSA) is 24.9 Å². The Kier molecular flexibility index (Phi) is 4.02. The molecular weight excluding hydrogens is 263 g/mol. The summed E-state index contributed by atoms with van der Waals surface area (Å²) in [4.78, 5) is 4.56. The molecule has 2 nitrogen and oxygen atoms in total. The van der Waals surface area contributed by atoms with Crippen molar-refractivity contribution in [2.24, 2.45) is 0 Å². The van der Waals surface area contributed by atoms with Crippen molar-refractivity contribution in [1.29, 1.82) is 0 Å². The molecule has 0 saturated carbocycles. The first-order valence-electron chi connectivity index (χ1n) is 7.56. The van der Waals surface area contributed by atoms with E-state index in [2.05, 4.69) is 29.4 Å².